The third-order valence-electron chi connectivity index (χ3n) is 4.15. The molecule has 0 aromatic heterocycles. The van der Waals surface area contributed by atoms with Gasteiger partial charge in [-0.1, -0.05) is 0 Å². The Kier molecular flexibility index (Phi) is 7.02. The summed E-state index contributed by atoms with van der Waals surface area (Å²) in [5.41, 5.74) is -0.541. The highest BCUT2D eigenvalue weighted by Gasteiger charge is 2.28. The number of imide groups is 1. The Labute approximate surface area is 170 Å². The summed E-state index contributed by atoms with van der Waals surface area (Å²) in [5.74, 6) is -0.723. The molecule has 10 heteroatoms. The number of likely N-dealkylation sites (tertiary alicyclic amines) is 1. The van der Waals surface area contributed by atoms with Gasteiger partial charge < -0.3 is 10.1 Å². The molecule has 2 rings (SSSR count). The normalized spacial score (nSPS) is 15.0. The maximum atomic E-state index is 12.7. The van der Waals surface area contributed by atoms with Gasteiger partial charge in [0, 0.05) is 37.0 Å². The zero-order valence-corrected chi connectivity index (χ0v) is 17.9. The van der Waals surface area contributed by atoms with E-state index in [-0.39, 0.29) is 54.0 Å². The summed E-state index contributed by atoms with van der Waals surface area (Å²) in [6, 6.07) is 4.15. The third-order valence-corrected chi connectivity index (χ3v) is 5.93. The van der Waals surface area contributed by atoms with Gasteiger partial charge in [-0.2, -0.15) is 0 Å². The average Bonchev–Trinajstić information content (AvgIpc) is 2.94. The van der Waals surface area contributed by atoms with Gasteiger partial charge in [-0.25, -0.2) is 13.1 Å². The molecule has 1 aromatic rings. The summed E-state index contributed by atoms with van der Waals surface area (Å²) in [7, 11) is -2.55. The summed E-state index contributed by atoms with van der Waals surface area (Å²) in [4.78, 5) is 36.6. The molecule has 1 aliphatic heterocycles. The van der Waals surface area contributed by atoms with Crippen molar-refractivity contribution >= 4 is 27.7 Å². The number of hydrogen-bond donors (Lipinski definition) is 2. The van der Waals surface area contributed by atoms with E-state index in [1.807, 2.05) is 0 Å². The Morgan fingerprint density at radius 3 is 2.34 bits per heavy atom. The molecule has 0 atom stereocenters. The number of ether oxygens (including phenoxy) is 1. The number of sulfonamides is 1. The topological polar surface area (TPSA) is 122 Å². The summed E-state index contributed by atoms with van der Waals surface area (Å²) < 4.78 is 33.0. The van der Waals surface area contributed by atoms with Crippen LogP contribution in [0.1, 0.15) is 50.4 Å². The molecule has 0 unspecified atom stereocenters. The van der Waals surface area contributed by atoms with Crippen molar-refractivity contribution in [2.45, 2.75) is 50.5 Å². The summed E-state index contributed by atoms with van der Waals surface area (Å²) in [6.07, 6.45) is 0.879. The first-order chi connectivity index (χ1) is 13.4. The zero-order valence-electron chi connectivity index (χ0n) is 17.1. The van der Waals surface area contributed by atoms with E-state index in [1.165, 1.54) is 30.2 Å². The monoisotopic (exact) mass is 425 g/mol. The van der Waals surface area contributed by atoms with Crippen molar-refractivity contribution in [2.75, 3.05) is 20.2 Å². The predicted molar refractivity (Wildman–Crippen MR) is 106 cm³/mol. The second kappa shape index (κ2) is 8.91. The molecule has 1 aliphatic rings. The molecule has 9 nitrogen and oxygen atoms in total. The standard InChI is InChI=1S/C19H27N3O6S/c1-19(2,3)21-29(26,27)15-12-13(6-7-14(15)28-4)18(25)20-10-5-11-22-16(23)8-9-17(22)24/h6-7,12,21H,5,8-11H2,1-4H3,(H,20,25). The van der Waals surface area contributed by atoms with Gasteiger partial charge in [0.1, 0.15) is 10.6 Å². The van der Waals surface area contributed by atoms with E-state index < -0.39 is 21.5 Å². The Balaban J connectivity index is 2.05. The number of nitrogens with one attached hydrogen (secondary N) is 2. The number of rotatable bonds is 8. The van der Waals surface area contributed by atoms with E-state index in [1.54, 1.807) is 20.8 Å². The minimum absolute atomic E-state index is 0.129. The van der Waals surface area contributed by atoms with Crippen molar-refractivity contribution in [1.29, 1.82) is 0 Å². The number of carbonyl (C=O) groups is 3. The van der Waals surface area contributed by atoms with Gasteiger partial charge in [0.25, 0.3) is 5.91 Å². The SMILES string of the molecule is COc1ccc(C(=O)NCCCN2C(=O)CCC2=O)cc1S(=O)(=O)NC(C)(C)C. The molecular weight excluding hydrogens is 398 g/mol. The Hall–Kier alpha value is -2.46. The quantitative estimate of drug-likeness (QED) is 0.474. The van der Waals surface area contributed by atoms with Crippen LogP contribution in [0.4, 0.5) is 0 Å². The third kappa shape index (κ3) is 6.01. The first-order valence-corrected chi connectivity index (χ1v) is 10.8. The molecule has 1 heterocycles. The van der Waals surface area contributed by atoms with Gasteiger partial charge in [-0.05, 0) is 45.4 Å². The molecular formula is C19H27N3O6S. The maximum absolute atomic E-state index is 12.7. The molecule has 0 spiro atoms. The largest absolute Gasteiger partial charge is 0.495 e. The first-order valence-electron chi connectivity index (χ1n) is 9.28. The maximum Gasteiger partial charge on any atom is 0.251 e. The molecule has 0 saturated carbocycles. The minimum atomic E-state index is -3.90. The van der Waals surface area contributed by atoms with Gasteiger partial charge in [-0.3, -0.25) is 19.3 Å². The van der Waals surface area contributed by atoms with E-state index in [9.17, 15) is 22.8 Å². The van der Waals surface area contributed by atoms with Crippen molar-refractivity contribution in [3.63, 3.8) is 0 Å². The fourth-order valence-corrected chi connectivity index (χ4v) is 4.51. The van der Waals surface area contributed by atoms with Gasteiger partial charge >= 0.3 is 0 Å². The molecule has 1 saturated heterocycles. The number of amides is 3. The Morgan fingerprint density at radius 1 is 1.17 bits per heavy atom. The van der Waals surface area contributed by atoms with E-state index in [2.05, 4.69) is 10.0 Å². The van der Waals surface area contributed by atoms with Crippen molar-refractivity contribution in [3.05, 3.63) is 23.8 Å². The smallest absolute Gasteiger partial charge is 0.251 e. The van der Waals surface area contributed by atoms with Crippen LogP contribution >= 0.6 is 0 Å². The number of methoxy groups -OCH3 is 1. The molecule has 29 heavy (non-hydrogen) atoms. The number of nitrogens with zero attached hydrogens (tertiary/aromatic N) is 1. The van der Waals surface area contributed by atoms with Gasteiger partial charge in [0.05, 0.1) is 7.11 Å². The van der Waals surface area contributed by atoms with Crippen LogP contribution in [0.15, 0.2) is 23.1 Å². The van der Waals surface area contributed by atoms with Gasteiger partial charge in [0.2, 0.25) is 21.8 Å². The van der Waals surface area contributed by atoms with E-state index in [0.717, 1.165) is 0 Å². The van der Waals surface area contributed by atoms with Crippen LogP contribution in [0.25, 0.3) is 0 Å². The second-order valence-electron chi connectivity index (χ2n) is 7.77. The van der Waals surface area contributed by atoms with Crippen LogP contribution in [0.3, 0.4) is 0 Å². The molecule has 3 amide bonds. The predicted octanol–water partition coefficient (Wildman–Crippen LogP) is 1.04. The van der Waals surface area contributed by atoms with Crippen LogP contribution < -0.4 is 14.8 Å². The average molecular weight is 426 g/mol. The number of hydrogen-bond acceptors (Lipinski definition) is 6. The zero-order chi connectivity index (χ0) is 21.8. The van der Waals surface area contributed by atoms with Gasteiger partial charge in [0.15, 0.2) is 0 Å². The highest BCUT2D eigenvalue weighted by Crippen LogP contribution is 2.26. The number of benzene rings is 1. The van der Waals surface area contributed by atoms with Crippen LogP contribution in [0.5, 0.6) is 5.75 Å². The molecule has 0 bridgehead atoms. The lowest BCUT2D eigenvalue weighted by atomic mass is 10.1. The lowest BCUT2D eigenvalue weighted by molar-refractivity contribution is -0.138. The van der Waals surface area contributed by atoms with Crippen molar-refractivity contribution in [1.82, 2.24) is 14.9 Å². The molecule has 0 radical (unpaired) electrons. The summed E-state index contributed by atoms with van der Waals surface area (Å²) >= 11 is 0. The van der Waals surface area contributed by atoms with E-state index in [0.29, 0.717) is 6.42 Å². The Morgan fingerprint density at radius 2 is 1.79 bits per heavy atom. The van der Waals surface area contributed by atoms with Crippen LogP contribution in [-0.2, 0) is 19.6 Å². The molecule has 1 fully saturated rings. The minimum Gasteiger partial charge on any atom is -0.495 e. The van der Waals surface area contributed by atoms with Crippen LogP contribution in [0, 0.1) is 0 Å². The highest BCUT2D eigenvalue weighted by atomic mass is 32.2. The molecule has 160 valence electrons. The van der Waals surface area contributed by atoms with E-state index in [4.69, 9.17) is 4.74 Å². The first kappa shape index (κ1) is 22.8. The summed E-state index contributed by atoms with van der Waals surface area (Å²) in [5, 5.41) is 2.67. The fraction of sp³-hybridized carbons (Fsp3) is 0.526. The van der Waals surface area contributed by atoms with Crippen LogP contribution in [-0.4, -0.2) is 56.8 Å². The molecule has 1 aromatic carbocycles. The highest BCUT2D eigenvalue weighted by molar-refractivity contribution is 7.89. The van der Waals surface area contributed by atoms with Crippen LogP contribution in [0.2, 0.25) is 0 Å². The lowest BCUT2D eigenvalue weighted by Crippen LogP contribution is -2.40. The van der Waals surface area contributed by atoms with Crippen molar-refractivity contribution < 1.29 is 27.5 Å². The number of carbonyl (C=O) groups excluding carboxylic acids is 3. The molecule has 2 N–H and O–H groups in total. The molecule has 0 aliphatic carbocycles. The van der Waals surface area contributed by atoms with Crippen molar-refractivity contribution in [2.24, 2.45) is 0 Å². The summed E-state index contributed by atoms with van der Waals surface area (Å²) in [6.45, 7) is 5.62. The van der Waals surface area contributed by atoms with E-state index >= 15 is 0 Å². The second-order valence-corrected chi connectivity index (χ2v) is 9.42. The fourth-order valence-electron chi connectivity index (χ4n) is 2.90. The van der Waals surface area contributed by atoms with Gasteiger partial charge in [-0.15, -0.1) is 0 Å². The Bertz CT molecular complexity index is 889. The van der Waals surface area contributed by atoms with Crippen molar-refractivity contribution in [3.8, 4) is 5.75 Å². The lowest BCUT2D eigenvalue weighted by Gasteiger charge is -2.21.